The van der Waals surface area contributed by atoms with Crippen LogP contribution in [0.1, 0.15) is 0 Å². The first-order valence-corrected chi connectivity index (χ1v) is 5.32. The largest absolute Gasteiger partial charge is 0.395 e. The van der Waals surface area contributed by atoms with Gasteiger partial charge in [0.1, 0.15) is 11.6 Å². The molecule has 0 aliphatic rings. The SMILES string of the molecule is Nc1c(F)cc(F)cc1Nc1cc(Cl)ccc1F. The first-order valence-electron chi connectivity index (χ1n) is 4.94. The van der Waals surface area contributed by atoms with Crippen LogP contribution in [0.5, 0.6) is 0 Å². The molecule has 94 valence electrons. The highest BCUT2D eigenvalue weighted by Crippen LogP contribution is 2.29. The van der Waals surface area contributed by atoms with Crippen LogP contribution in [0.4, 0.5) is 30.2 Å². The van der Waals surface area contributed by atoms with E-state index in [1.54, 1.807) is 0 Å². The number of nitrogen functional groups attached to an aromatic ring is 1. The van der Waals surface area contributed by atoms with Crippen molar-refractivity contribution in [2.24, 2.45) is 0 Å². The quantitative estimate of drug-likeness (QED) is 0.808. The molecule has 6 heteroatoms. The third-order valence-electron chi connectivity index (χ3n) is 2.29. The van der Waals surface area contributed by atoms with Crippen LogP contribution in [-0.2, 0) is 0 Å². The van der Waals surface area contributed by atoms with Gasteiger partial charge in [-0.3, -0.25) is 0 Å². The van der Waals surface area contributed by atoms with Crippen molar-refractivity contribution in [3.05, 3.63) is 52.8 Å². The molecule has 2 aromatic carbocycles. The van der Waals surface area contributed by atoms with Crippen molar-refractivity contribution in [3.8, 4) is 0 Å². The van der Waals surface area contributed by atoms with E-state index in [2.05, 4.69) is 5.32 Å². The summed E-state index contributed by atoms with van der Waals surface area (Å²) in [6.07, 6.45) is 0. The Labute approximate surface area is 106 Å². The van der Waals surface area contributed by atoms with E-state index < -0.39 is 17.5 Å². The molecule has 0 bridgehead atoms. The monoisotopic (exact) mass is 272 g/mol. The molecule has 2 aromatic rings. The van der Waals surface area contributed by atoms with E-state index in [1.807, 2.05) is 0 Å². The minimum absolute atomic E-state index is 0.0146. The smallest absolute Gasteiger partial charge is 0.151 e. The zero-order chi connectivity index (χ0) is 13.3. The van der Waals surface area contributed by atoms with Crippen molar-refractivity contribution >= 4 is 28.7 Å². The van der Waals surface area contributed by atoms with Gasteiger partial charge in [0.05, 0.1) is 17.1 Å². The highest BCUT2D eigenvalue weighted by Gasteiger charge is 2.10. The number of benzene rings is 2. The van der Waals surface area contributed by atoms with Crippen LogP contribution in [0.2, 0.25) is 5.02 Å². The average Bonchev–Trinajstić information content (AvgIpc) is 2.30. The van der Waals surface area contributed by atoms with E-state index in [9.17, 15) is 13.2 Å². The van der Waals surface area contributed by atoms with Crippen molar-refractivity contribution in [2.75, 3.05) is 11.1 Å². The molecule has 0 heterocycles. The van der Waals surface area contributed by atoms with Crippen LogP contribution in [-0.4, -0.2) is 0 Å². The zero-order valence-electron chi connectivity index (χ0n) is 8.98. The van der Waals surface area contributed by atoms with Gasteiger partial charge < -0.3 is 11.1 Å². The van der Waals surface area contributed by atoms with Crippen LogP contribution < -0.4 is 11.1 Å². The molecular weight excluding hydrogens is 265 g/mol. The summed E-state index contributed by atoms with van der Waals surface area (Å²) in [6, 6.07) is 5.40. The van der Waals surface area contributed by atoms with E-state index in [1.165, 1.54) is 12.1 Å². The fourth-order valence-corrected chi connectivity index (χ4v) is 1.60. The zero-order valence-corrected chi connectivity index (χ0v) is 9.73. The average molecular weight is 273 g/mol. The van der Waals surface area contributed by atoms with Crippen molar-refractivity contribution in [1.29, 1.82) is 0 Å². The lowest BCUT2D eigenvalue weighted by Crippen LogP contribution is -2.01. The third-order valence-corrected chi connectivity index (χ3v) is 2.53. The molecule has 0 radical (unpaired) electrons. The molecule has 2 nitrogen and oxygen atoms in total. The van der Waals surface area contributed by atoms with Gasteiger partial charge in [0.15, 0.2) is 5.82 Å². The Hall–Kier alpha value is -1.88. The lowest BCUT2D eigenvalue weighted by atomic mass is 10.2. The summed E-state index contributed by atoms with van der Waals surface area (Å²) in [5, 5.41) is 2.78. The molecule has 0 spiro atoms. The number of hydrogen-bond donors (Lipinski definition) is 2. The molecule has 0 aliphatic heterocycles. The minimum atomic E-state index is -0.917. The van der Waals surface area contributed by atoms with E-state index in [0.29, 0.717) is 6.07 Å². The maximum Gasteiger partial charge on any atom is 0.151 e. The second-order valence-corrected chi connectivity index (χ2v) is 4.03. The number of nitrogens with two attached hydrogens (primary N) is 1. The maximum atomic E-state index is 13.4. The molecule has 0 fully saturated rings. The summed E-state index contributed by atoms with van der Waals surface area (Å²) >= 11 is 5.70. The van der Waals surface area contributed by atoms with Crippen molar-refractivity contribution in [2.45, 2.75) is 0 Å². The summed E-state index contributed by atoms with van der Waals surface area (Å²) in [7, 11) is 0. The molecule has 2 rings (SSSR count). The molecule has 0 unspecified atom stereocenters. The predicted molar refractivity (Wildman–Crippen MR) is 65.5 cm³/mol. The third kappa shape index (κ3) is 2.51. The highest BCUT2D eigenvalue weighted by atomic mass is 35.5. The Balaban J connectivity index is 2.43. The summed E-state index contributed by atoms with van der Waals surface area (Å²) in [4.78, 5) is 0. The summed E-state index contributed by atoms with van der Waals surface area (Å²) in [5.74, 6) is -2.34. The van der Waals surface area contributed by atoms with Gasteiger partial charge >= 0.3 is 0 Å². The van der Waals surface area contributed by atoms with Gasteiger partial charge in [-0.25, -0.2) is 13.2 Å². The van der Waals surface area contributed by atoms with Crippen LogP contribution in [0, 0.1) is 17.5 Å². The van der Waals surface area contributed by atoms with Crippen molar-refractivity contribution < 1.29 is 13.2 Å². The predicted octanol–water partition coefficient (Wildman–Crippen LogP) is 4.08. The van der Waals surface area contributed by atoms with E-state index >= 15 is 0 Å². The first kappa shape index (κ1) is 12.6. The second-order valence-electron chi connectivity index (χ2n) is 3.60. The molecule has 3 N–H and O–H groups in total. The fraction of sp³-hybridized carbons (Fsp3) is 0. The number of nitrogens with one attached hydrogen (secondary N) is 1. The number of anilines is 3. The Bertz CT molecular complexity index is 602. The van der Waals surface area contributed by atoms with Gasteiger partial charge in [-0.05, 0) is 24.3 Å². The van der Waals surface area contributed by atoms with Crippen LogP contribution in [0.15, 0.2) is 30.3 Å². The van der Waals surface area contributed by atoms with Crippen molar-refractivity contribution in [3.63, 3.8) is 0 Å². The first-order chi connectivity index (χ1) is 8.47. The van der Waals surface area contributed by atoms with Gasteiger partial charge in [0.2, 0.25) is 0 Å². The van der Waals surface area contributed by atoms with E-state index in [4.69, 9.17) is 17.3 Å². The van der Waals surface area contributed by atoms with Crippen LogP contribution in [0.3, 0.4) is 0 Å². The van der Waals surface area contributed by atoms with Crippen LogP contribution >= 0.6 is 11.6 Å². The topological polar surface area (TPSA) is 38.0 Å². The number of halogens is 4. The minimum Gasteiger partial charge on any atom is -0.395 e. The van der Waals surface area contributed by atoms with Crippen molar-refractivity contribution in [1.82, 2.24) is 0 Å². The summed E-state index contributed by atoms with van der Waals surface area (Å²) < 4.78 is 39.7. The van der Waals surface area contributed by atoms with Gasteiger partial charge in [-0.1, -0.05) is 11.6 Å². The molecule has 18 heavy (non-hydrogen) atoms. The Morgan fingerprint density at radius 2 is 1.67 bits per heavy atom. The highest BCUT2D eigenvalue weighted by molar-refractivity contribution is 6.30. The Morgan fingerprint density at radius 1 is 0.944 bits per heavy atom. The second kappa shape index (κ2) is 4.78. The number of hydrogen-bond acceptors (Lipinski definition) is 2. The Morgan fingerprint density at radius 3 is 2.39 bits per heavy atom. The van der Waals surface area contributed by atoms with Crippen LogP contribution in [0.25, 0.3) is 0 Å². The molecule has 0 atom stereocenters. The van der Waals surface area contributed by atoms with Gasteiger partial charge in [-0.15, -0.1) is 0 Å². The lowest BCUT2D eigenvalue weighted by molar-refractivity contribution is 0.587. The normalized spacial score (nSPS) is 10.4. The summed E-state index contributed by atoms with van der Waals surface area (Å²) in [5.41, 5.74) is 5.06. The number of rotatable bonds is 2. The maximum absolute atomic E-state index is 13.4. The molecule has 0 aliphatic carbocycles. The molecule has 0 aromatic heterocycles. The van der Waals surface area contributed by atoms with Gasteiger partial charge in [-0.2, -0.15) is 0 Å². The molecule has 0 saturated heterocycles. The van der Waals surface area contributed by atoms with E-state index in [-0.39, 0.29) is 22.1 Å². The molecule has 0 saturated carbocycles. The van der Waals surface area contributed by atoms with Gasteiger partial charge in [0, 0.05) is 11.1 Å². The summed E-state index contributed by atoms with van der Waals surface area (Å²) in [6.45, 7) is 0. The molecule has 0 amide bonds. The lowest BCUT2D eigenvalue weighted by Gasteiger charge is -2.11. The fourth-order valence-electron chi connectivity index (χ4n) is 1.43. The van der Waals surface area contributed by atoms with Gasteiger partial charge in [0.25, 0.3) is 0 Å². The molecular formula is C12H8ClF3N2. The Kier molecular flexibility index (Phi) is 3.34. The standard InChI is InChI=1S/C12H8ClF3N2/c13-6-1-2-8(15)10(3-6)18-11-5-7(14)4-9(16)12(11)17/h1-5,18H,17H2. The van der Waals surface area contributed by atoms with E-state index in [0.717, 1.165) is 12.1 Å².